The van der Waals surface area contributed by atoms with Crippen LogP contribution in [-0.2, 0) is 6.54 Å². The number of rotatable bonds is 3. The second kappa shape index (κ2) is 7.14. The standard InChI is InChI=1S/C21H31N5/c1-17-20(18(2)26(23-17)19-7-5-4-6-8-19)15-25-12-9-21(10-13-25)16-22-11-14-24(21)3/h4-8,22H,9-16H2,1-3H3. The van der Waals surface area contributed by atoms with Crippen LogP contribution in [0.5, 0.6) is 0 Å². The summed E-state index contributed by atoms with van der Waals surface area (Å²) in [5.74, 6) is 0. The fourth-order valence-electron chi connectivity index (χ4n) is 4.57. The molecule has 0 atom stereocenters. The summed E-state index contributed by atoms with van der Waals surface area (Å²) in [6.45, 7) is 11.1. The first kappa shape index (κ1) is 17.7. The van der Waals surface area contributed by atoms with E-state index in [1.54, 1.807) is 0 Å². The summed E-state index contributed by atoms with van der Waals surface area (Å²) in [6.07, 6.45) is 2.50. The minimum absolute atomic E-state index is 0.368. The van der Waals surface area contributed by atoms with E-state index in [0.717, 1.165) is 31.0 Å². The highest BCUT2D eigenvalue weighted by Crippen LogP contribution is 2.30. The van der Waals surface area contributed by atoms with Crippen LogP contribution in [0, 0.1) is 13.8 Å². The Hall–Kier alpha value is -1.69. The summed E-state index contributed by atoms with van der Waals surface area (Å²) in [5.41, 5.74) is 5.33. The molecule has 0 aliphatic carbocycles. The fraction of sp³-hybridized carbons (Fsp3) is 0.571. The summed E-state index contributed by atoms with van der Waals surface area (Å²) in [7, 11) is 2.30. The van der Waals surface area contributed by atoms with Gasteiger partial charge in [0.05, 0.1) is 11.4 Å². The molecule has 0 amide bonds. The van der Waals surface area contributed by atoms with Crippen molar-refractivity contribution in [3.05, 3.63) is 47.3 Å². The van der Waals surface area contributed by atoms with Crippen LogP contribution in [0.3, 0.4) is 0 Å². The van der Waals surface area contributed by atoms with Gasteiger partial charge in [-0.15, -0.1) is 0 Å². The lowest BCUT2D eigenvalue weighted by molar-refractivity contribution is 0.0191. The molecule has 1 spiro atoms. The van der Waals surface area contributed by atoms with Crippen LogP contribution in [-0.4, -0.2) is 64.9 Å². The number of hydrogen-bond acceptors (Lipinski definition) is 4. The van der Waals surface area contributed by atoms with Gasteiger partial charge in [-0.1, -0.05) is 18.2 Å². The minimum Gasteiger partial charge on any atom is -0.314 e. The number of benzene rings is 1. The zero-order valence-electron chi connectivity index (χ0n) is 16.3. The van der Waals surface area contributed by atoms with Crippen molar-refractivity contribution in [1.29, 1.82) is 0 Å². The van der Waals surface area contributed by atoms with E-state index < -0.39 is 0 Å². The third-order valence-electron chi connectivity index (χ3n) is 6.50. The molecule has 26 heavy (non-hydrogen) atoms. The largest absolute Gasteiger partial charge is 0.314 e. The maximum Gasteiger partial charge on any atom is 0.0648 e. The van der Waals surface area contributed by atoms with Crippen molar-refractivity contribution in [2.75, 3.05) is 39.8 Å². The molecule has 1 aromatic carbocycles. The van der Waals surface area contributed by atoms with Crippen LogP contribution in [0.15, 0.2) is 30.3 Å². The van der Waals surface area contributed by atoms with Crippen molar-refractivity contribution in [1.82, 2.24) is 24.9 Å². The highest BCUT2D eigenvalue weighted by Gasteiger charge is 2.39. The number of aromatic nitrogens is 2. The molecule has 5 nitrogen and oxygen atoms in total. The predicted octanol–water partition coefficient (Wildman–Crippen LogP) is 2.36. The molecule has 5 heteroatoms. The zero-order chi connectivity index (χ0) is 18.1. The molecule has 4 rings (SSSR count). The Bertz CT molecular complexity index is 743. The van der Waals surface area contributed by atoms with Crippen LogP contribution in [0.1, 0.15) is 29.8 Å². The minimum atomic E-state index is 0.368. The second-order valence-corrected chi connectivity index (χ2v) is 8.00. The molecule has 2 fully saturated rings. The van der Waals surface area contributed by atoms with Crippen molar-refractivity contribution < 1.29 is 0 Å². The molecule has 2 aromatic rings. The first-order valence-electron chi connectivity index (χ1n) is 9.84. The summed E-state index contributed by atoms with van der Waals surface area (Å²) in [6, 6.07) is 10.4. The SMILES string of the molecule is Cc1nn(-c2ccccc2)c(C)c1CN1CCC2(CC1)CNCCN2C. The fourth-order valence-corrected chi connectivity index (χ4v) is 4.57. The average Bonchev–Trinajstić information content (AvgIpc) is 2.95. The monoisotopic (exact) mass is 353 g/mol. The van der Waals surface area contributed by atoms with Crippen LogP contribution in [0.25, 0.3) is 5.69 Å². The number of hydrogen-bond donors (Lipinski definition) is 1. The highest BCUT2D eigenvalue weighted by molar-refractivity contribution is 5.36. The molecular formula is C21H31N5. The number of aryl methyl sites for hydroxylation is 1. The molecule has 0 bridgehead atoms. The molecule has 0 saturated carbocycles. The van der Waals surface area contributed by atoms with E-state index in [2.05, 4.69) is 71.0 Å². The Kier molecular flexibility index (Phi) is 4.86. The topological polar surface area (TPSA) is 36.3 Å². The Morgan fingerprint density at radius 3 is 2.50 bits per heavy atom. The second-order valence-electron chi connectivity index (χ2n) is 8.00. The zero-order valence-corrected chi connectivity index (χ0v) is 16.3. The predicted molar refractivity (Wildman–Crippen MR) is 106 cm³/mol. The van der Waals surface area contributed by atoms with Crippen LogP contribution in [0.2, 0.25) is 0 Å². The number of nitrogens with zero attached hydrogens (tertiary/aromatic N) is 4. The number of piperidine rings is 1. The van der Waals surface area contributed by atoms with Gasteiger partial charge >= 0.3 is 0 Å². The molecular weight excluding hydrogens is 322 g/mol. The van der Waals surface area contributed by atoms with E-state index in [0.29, 0.717) is 5.54 Å². The summed E-state index contributed by atoms with van der Waals surface area (Å²) in [4.78, 5) is 5.20. The lowest BCUT2D eigenvalue weighted by Crippen LogP contribution is -2.63. The van der Waals surface area contributed by atoms with E-state index in [4.69, 9.17) is 5.10 Å². The highest BCUT2D eigenvalue weighted by atomic mass is 15.3. The van der Waals surface area contributed by atoms with Gasteiger partial charge < -0.3 is 5.32 Å². The van der Waals surface area contributed by atoms with Crippen LogP contribution in [0.4, 0.5) is 0 Å². The van der Waals surface area contributed by atoms with E-state index in [9.17, 15) is 0 Å². The van der Waals surface area contributed by atoms with Crippen molar-refractivity contribution in [3.8, 4) is 5.69 Å². The van der Waals surface area contributed by atoms with Crippen molar-refractivity contribution >= 4 is 0 Å². The molecule has 0 unspecified atom stereocenters. The lowest BCUT2D eigenvalue weighted by atomic mass is 9.84. The molecule has 2 aliphatic rings. The van der Waals surface area contributed by atoms with Gasteiger partial charge in [0.1, 0.15) is 0 Å². The van der Waals surface area contributed by atoms with Crippen molar-refractivity contribution in [2.24, 2.45) is 0 Å². The van der Waals surface area contributed by atoms with Gasteiger partial charge in [0, 0.05) is 56.1 Å². The third-order valence-corrected chi connectivity index (χ3v) is 6.50. The Morgan fingerprint density at radius 2 is 1.81 bits per heavy atom. The van der Waals surface area contributed by atoms with Crippen LogP contribution < -0.4 is 5.32 Å². The maximum atomic E-state index is 4.81. The normalized spacial score (nSPS) is 21.3. The van der Waals surface area contributed by atoms with E-state index in [-0.39, 0.29) is 0 Å². The summed E-state index contributed by atoms with van der Waals surface area (Å²) >= 11 is 0. The van der Waals surface area contributed by atoms with Gasteiger partial charge in [0.2, 0.25) is 0 Å². The van der Waals surface area contributed by atoms with E-state index in [1.165, 1.54) is 43.7 Å². The van der Waals surface area contributed by atoms with E-state index >= 15 is 0 Å². The molecule has 3 heterocycles. The molecule has 2 aliphatic heterocycles. The number of piperazine rings is 1. The quantitative estimate of drug-likeness (QED) is 0.919. The Balaban J connectivity index is 1.47. The Labute approximate surface area is 157 Å². The van der Waals surface area contributed by atoms with Gasteiger partial charge in [0.25, 0.3) is 0 Å². The number of nitrogens with one attached hydrogen (secondary N) is 1. The summed E-state index contributed by atoms with van der Waals surface area (Å²) < 4.78 is 2.09. The molecule has 2 saturated heterocycles. The molecule has 140 valence electrons. The van der Waals surface area contributed by atoms with Crippen molar-refractivity contribution in [2.45, 2.75) is 38.8 Å². The van der Waals surface area contributed by atoms with Gasteiger partial charge in [-0.05, 0) is 45.9 Å². The Morgan fingerprint density at radius 1 is 1.08 bits per heavy atom. The lowest BCUT2D eigenvalue weighted by Gasteiger charge is -2.50. The van der Waals surface area contributed by atoms with Crippen molar-refractivity contribution in [3.63, 3.8) is 0 Å². The third kappa shape index (κ3) is 3.20. The van der Waals surface area contributed by atoms with Crippen LogP contribution >= 0.6 is 0 Å². The van der Waals surface area contributed by atoms with Gasteiger partial charge in [-0.3, -0.25) is 9.80 Å². The smallest absolute Gasteiger partial charge is 0.0648 e. The molecule has 0 radical (unpaired) electrons. The number of likely N-dealkylation sites (tertiary alicyclic amines) is 1. The van der Waals surface area contributed by atoms with Gasteiger partial charge in [-0.2, -0.15) is 5.10 Å². The molecule has 1 aromatic heterocycles. The first-order chi connectivity index (χ1) is 12.6. The first-order valence-corrected chi connectivity index (χ1v) is 9.84. The maximum absolute atomic E-state index is 4.81. The molecule has 1 N–H and O–H groups in total. The average molecular weight is 354 g/mol. The van der Waals surface area contributed by atoms with Gasteiger partial charge in [0.15, 0.2) is 0 Å². The number of para-hydroxylation sites is 1. The summed E-state index contributed by atoms with van der Waals surface area (Å²) in [5, 5.41) is 8.42. The van der Waals surface area contributed by atoms with Gasteiger partial charge in [-0.25, -0.2) is 4.68 Å². The number of likely N-dealkylation sites (N-methyl/N-ethyl adjacent to an activating group) is 1. The van der Waals surface area contributed by atoms with E-state index in [1.807, 2.05) is 0 Å².